The predicted octanol–water partition coefficient (Wildman–Crippen LogP) is 2.99. The first-order chi connectivity index (χ1) is 10.7. The Labute approximate surface area is 130 Å². The molecule has 1 heterocycles. The minimum Gasteiger partial charge on any atom is -0.349 e. The molecule has 1 aliphatic carbocycles. The van der Waals surface area contributed by atoms with E-state index in [4.69, 9.17) is 0 Å². The molecular formula is C18H22N2O2. The highest BCUT2D eigenvalue weighted by molar-refractivity contribution is 6.06. The van der Waals surface area contributed by atoms with Gasteiger partial charge in [0, 0.05) is 30.1 Å². The predicted molar refractivity (Wildman–Crippen MR) is 88.1 cm³/mol. The molecule has 116 valence electrons. The van der Waals surface area contributed by atoms with Crippen molar-refractivity contribution in [2.75, 3.05) is 0 Å². The Hall–Kier alpha value is -2.10. The third-order valence-corrected chi connectivity index (χ3v) is 4.53. The summed E-state index contributed by atoms with van der Waals surface area (Å²) >= 11 is 0. The number of aryl methyl sites for hydroxylation is 1. The van der Waals surface area contributed by atoms with Gasteiger partial charge in [-0.05, 0) is 18.9 Å². The molecule has 1 fully saturated rings. The number of carbonyl (C=O) groups excluding carboxylic acids is 1. The highest BCUT2D eigenvalue weighted by Gasteiger charge is 2.18. The number of pyridine rings is 1. The fraction of sp³-hybridized carbons (Fsp3) is 0.444. The van der Waals surface area contributed by atoms with Gasteiger partial charge in [-0.25, -0.2) is 0 Å². The number of amides is 1. The number of nitrogens with zero attached hydrogens (tertiary/aromatic N) is 1. The lowest BCUT2D eigenvalue weighted by Crippen LogP contribution is -2.35. The van der Waals surface area contributed by atoms with Crippen LogP contribution < -0.4 is 10.9 Å². The molecule has 22 heavy (non-hydrogen) atoms. The third-order valence-electron chi connectivity index (χ3n) is 4.53. The summed E-state index contributed by atoms with van der Waals surface area (Å²) in [6.45, 7) is 0. The molecule has 0 aliphatic heterocycles. The average Bonchev–Trinajstić information content (AvgIpc) is 2.79. The molecule has 0 unspecified atom stereocenters. The van der Waals surface area contributed by atoms with E-state index in [-0.39, 0.29) is 17.5 Å². The second-order valence-electron chi connectivity index (χ2n) is 6.17. The van der Waals surface area contributed by atoms with Gasteiger partial charge in [0.15, 0.2) is 0 Å². The number of fused-ring (bicyclic) bond motifs is 1. The summed E-state index contributed by atoms with van der Waals surface area (Å²) in [5.74, 6) is -0.0706. The van der Waals surface area contributed by atoms with E-state index < -0.39 is 0 Å². The molecule has 0 atom stereocenters. The SMILES string of the molecule is Cn1cc(C(=O)NC2CCCCCC2)c2ccccc2c1=O. The quantitative estimate of drug-likeness (QED) is 0.867. The average molecular weight is 298 g/mol. The van der Waals surface area contributed by atoms with Gasteiger partial charge in [-0.3, -0.25) is 9.59 Å². The van der Waals surface area contributed by atoms with Crippen LogP contribution in [0.1, 0.15) is 48.9 Å². The third kappa shape index (κ3) is 2.91. The zero-order valence-corrected chi connectivity index (χ0v) is 13.0. The highest BCUT2D eigenvalue weighted by Crippen LogP contribution is 2.19. The lowest BCUT2D eigenvalue weighted by molar-refractivity contribution is 0.0934. The van der Waals surface area contributed by atoms with E-state index in [2.05, 4.69) is 5.32 Å². The second-order valence-corrected chi connectivity index (χ2v) is 6.17. The first kappa shape index (κ1) is 14.8. The van der Waals surface area contributed by atoms with Crippen molar-refractivity contribution in [2.45, 2.75) is 44.6 Å². The van der Waals surface area contributed by atoms with Crippen LogP contribution in [0.15, 0.2) is 35.3 Å². The van der Waals surface area contributed by atoms with Gasteiger partial charge in [0.2, 0.25) is 0 Å². The number of rotatable bonds is 2. The van der Waals surface area contributed by atoms with E-state index in [1.54, 1.807) is 19.3 Å². The Morgan fingerprint density at radius 1 is 1.09 bits per heavy atom. The Bertz CT molecular complexity index is 740. The van der Waals surface area contributed by atoms with Crippen molar-refractivity contribution in [3.05, 3.63) is 46.4 Å². The van der Waals surface area contributed by atoms with Gasteiger partial charge in [0.25, 0.3) is 11.5 Å². The lowest BCUT2D eigenvalue weighted by Gasteiger charge is -2.17. The second kappa shape index (κ2) is 6.34. The Morgan fingerprint density at radius 2 is 1.73 bits per heavy atom. The molecule has 0 radical (unpaired) electrons. The van der Waals surface area contributed by atoms with Crippen LogP contribution in [0.25, 0.3) is 10.8 Å². The molecule has 3 rings (SSSR count). The number of nitrogens with one attached hydrogen (secondary N) is 1. The molecule has 1 N–H and O–H groups in total. The minimum atomic E-state index is -0.0706. The molecule has 1 amide bonds. The van der Waals surface area contributed by atoms with Crippen molar-refractivity contribution >= 4 is 16.7 Å². The van der Waals surface area contributed by atoms with Gasteiger partial charge >= 0.3 is 0 Å². The van der Waals surface area contributed by atoms with E-state index >= 15 is 0 Å². The number of carbonyl (C=O) groups is 1. The van der Waals surface area contributed by atoms with Crippen molar-refractivity contribution in [2.24, 2.45) is 7.05 Å². The molecule has 1 saturated carbocycles. The van der Waals surface area contributed by atoms with Crippen molar-refractivity contribution in [1.29, 1.82) is 0 Å². The fourth-order valence-corrected chi connectivity index (χ4v) is 3.28. The summed E-state index contributed by atoms with van der Waals surface area (Å²) in [7, 11) is 1.69. The minimum absolute atomic E-state index is 0.0679. The molecule has 4 nitrogen and oxygen atoms in total. The molecular weight excluding hydrogens is 276 g/mol. The summed E-state index contributed by atoms with van der Waals surface area (Å²) in [5, 5.41) is 4.49. The standard InChI is InChI=1S/C18H22N2O2/c1-20-12-16(14-10-6-7-11-15(14)18(20)22)17(21)19-13-8-4-2-3-5-9-13/h6-7,10-13H,2-5,8-9H2,1H3,(H,19,21). The van der Waals surface area contributed by atoms with Gasteiger partial charge in [-0.15, -0.1) is 0 Å². The van der Waals surface area contributed by atoms with E-state index in [0.717, 1.165) is 18.2 Å². The Morgan fingerprint density at radius 3 is 2.41 bits per heavy atom. The molecule has 1 aromatic heterocycles. The Balaban J connectivity index is 1.93. The largest absolute Gasteiger partial charge is 0.349 e. The smallest absolute Gasteiger partial charge is 0.258 e. The first-order valence-electron chi connectivity index (χ1n) is 8.06. The van der Waals surface area contributed by atoms with Crippen LogP contribution in [0.2, 0.25) is 0 Å². The number of benzene rings is 1. The number of hydrogen-bond donors (Lipinski definition) is 1. The number of aromatic nitrogens is 1. The summed E-state index contributed by atoms with van der Waals surface area (Å²) in [6.07, 6.45) is 8.63. The van der Waals surface area contributed by atoms with Crippen LogP contribution in [-0.4, -0.2) is 16.5 Å². The number of hydrogen-bond acceptors (Lipinski definition) is 2. The maximum atomic E-state index is 12.7. The highest BCUT2D eigenvalue weighted by atomic mass is 16.2. The van der Waals surface area contributed by atoms with Crippen molar-refractivity contribution in [3.63, 3.8) is 0 Å². The van der Waals surface area contributed by atoms with Crippen LogP contribution in [0.5, 0.6) is 0 Å². The van der Waals surface area contributed by atoms with E-state index in [9.17, 15) is 9.59 Å². The maximum absolute atomic E-state index is 12.7. The van der Waals surface area contributed by atoms with Crippen LogP contribution >= 0.6 is 0 Å². The van der Waals surface area contributed by atoms with E-state index in [1.807, 2.05) is 18.2 Å². The first-order valence-corrected chi connectivity index (χ1v) is 8.06. The molecule has 4 heteroatoms. The van der Waals surface area contributed by atoms with Gasteiger partial charge < -0.3 is 9.88 Å². The molecule has 0 spiro atoms. The maximum Gasteiger partial charge on any atom is 0.258 e. The van der Waals surface area contributed by atoms with Crippen molar-refractivity contribution in [3.8, 4) is 0 Å². The van der Waals surface area contributed by atoms with Crippen molar-refractivity contribution in [1.82, 2.24) is 9.88 Å². The lowest BCUT2D eigenvalue weighted by atomic mass is 10.0. The van der Waals surface area contributed by atoms with Crippen molar-refractivity contribution < 1.29 is 4.79 Å². The summed E-state index contributed by atoms with van der Waals surface area (Å²) < 4.78 is 1.49. The summed E-state index contributed by atoms with van der Waals surface area (Å²) in [4.78, 5) is 24.8. The van der Waals surface area contributed by atoms with Gasteiger partial charge in [-0.2, -0.15) is 0 Å². The molecule has 1 aromatic carbocycles. The van der Waals surface area contributed by atoms with Crippen LogP contribution in [0.4, 0.5) is 0 Å². The van der Waals surface area contributed by atoms with E-state index in [1.165, 1.54) is 30.3 Å². The normalized spacial score (nSPS) is 16.4. The van der Waals surface area contributed by atoms with E-state index in [0.29, 0.717) is 10.9 Å². The summed E-state index contributed by atoms with van der Waals surface area (Å²) in [5.41, 5.74) is 0.517. The topological polar surface area (TPSA) is 51.1 Å². The molecule has 2 aromatic rings. The molecule has 0 saturated heterocycles. The molecule has 1 aliphatic rings. The molecule has 0 bridgehead atoms. The van der Waals surface area contributed by atoms with Crippen LogP contribution in [0.3, 0.4) is 0 Å². The van der Waals surface area contributed by atoms with Gasteiger partial charge in [0.1, 0.15) is 0 Å². The zero-order chi connectivity index (χ0) is 15.5. The van der Waals surface area contributed by atoms with Crippen LogP contribution in [-0.2, 0) is 7.05 Å². The monoisotopic (exact) mass is 298 g/mol. The zero-order valence-electron chi connectivity index (χ0n) is 13.0. The summed E-state index contributed by atoms with van der Waals surface area (Å²) in [6, 6.07) is 7.57. The van der Waals surface area contributed by atoms with Gasteiger partial charge in [-0.1, -0.05) is 43.9 Å². The van der Waals surface area contributed by atoms with Crippen LogP contribution in [0, 0.1) is 0 Å². The Kier molecular flexibility index (Phi) is 4.27. The van der Waals surface area contributed by atoms with Gasteiger partial charge in [0.05, 0.1) is 5.56 Å². The fourth-order valence-electron chi connectivity index (χ4n) is 3.28.